The fourth-order valence-corrected chi connectivity index (χ4v) is 7.00. The molecule has 6 atom stereocenters. The van der Waals surface area contributed by atoms with Gasteiger partial charge < -0.3 is 14.9 Å². The summed E-state index contributed by atoms with van der Waals surface area (Å²) >= 11 is 0. The summed E-state index contributed by atoms with van der Waals surface area (Å²) in [6.45, 7) is 17.9. The first kappa shape index (κ1) is 23.8. The summed E-state index contributed by atoms with van der Waals surface area (Å²) < 4.78 is 6.28. The Morgan fingerprint density at radius 1 is 1.30 bits per heavy atom. The molecule has 0 aromatic heterocycles. The van der Waals surface area contributed by atoms with Crippen LogP contribution in [-0.4, -0.2) is 34.6 Å². The van der Waals surface area contributed by atoms with Crippen LogP contribution in [0.15, 0.2) is 35.5 Å². The first-order chi connectivity index (χ1) is 13.9. The predicted molar refractivity (Wildman–Crippen MR) is 124 cm³/mol. The topological polar surface area (TPSA) is 49.7 Å². The summed E-state index contributed by atoms with van der Waals surface area (Å²) in [5.74, 6) is 1.22. The molecule has 2 aliphatic carbocycles. The number of hydrogen-bond acceptors (Lipinski definition) is 3. The van der Waals surface area contributed by atoms with Crippen molar-refractivity contribution >= 4 is 0 Å². The van der Waals surface area contributed by atoms with E-state index in [4.69, 9.17) is 4.74 Å². The van der Waals surface area contributed by atoms with Crippen molar-refractivity contribution in [3.8, 4) is 0 Å². The average molecular weight is 417 g/mol. The normalized spacial score (nSPS) is 38.5. The number of rotatable bonds is 7. The van der Waals surface area contributed by atoms with Gasteiger partial charge in [0.15, 0.2) is 0 Å². The van der Waals surface area contributed by atoms with E-state index < -0.39 is 11.7 Å². The monoisotopic (exact) mass is 416 g/mol. The van der Waals surface area contributed by atoms with Gasteiger partial charge in [-0.15, -0.1) is 0 Å². The summed E-state index contributed by atoms with van der Waals surface area (Å²) in [5, 5.41) is 20.4. The van der Waals surface area contributed by atoms with Gasteiger partial charge in [0.1, 0.15) is 0 Å². The van der Waals surface area contributed by atoms with Gasteiger partial charge in [-0.05, 0) is 94.5 Å². The summed E-state index contributed by atoms with van der Waals surface area (Å²) in [6.07, 6.45) is 11.5. The SMILES string of the molecule is C=C1C[C@@H]2OC[C@]3(C)CCC[C@](C)([C@H]1CC/C(C)=C/C[C@@H](O)/C(C)=C/C(C)(C)O)[C@@H]23. The van der Waals surface area contributed by atoms with Crippen molar-refractivity contribution < 1.29 is 14.9 Å². The molecule has 0 spiro atoms. The fourth-order valence-electron chi connectivity index (χ4n) is 7.00. The number of aliphatic hydroxyl groups is 2. The number of hydrogen-bond donors (Lipinski definition) is 2. The third-order valence-corrected chi connectivity index (χ3v) is 8.30. The standard InChI is InChI=1S/C27H44O3/c1-18(10-12-22(28)20(3)16-25(4,5)29)9-11-21-19(2)15-23-24-26(6,17-30-23)13-8-14-27(21,24)7/h10,16,21-24,28-29H,2,8-9,11-15,17H2,1,3-7H3/b18-10+,20-16+/t21-,22+,23-,24-,26-,27+/m0/s1. The molecule has 0 radical (unpaired) electrons. The lowest BCUT2D eigenvalue weighted by atomic mass is 9.47. The maximum Gasteiger partial charge on any atom is 0.0782 e. The largest absolute Gasteiger partial charge is 0.388 e. The van der Waals surface area contributed by atoms with Gasteiger partial charge in [0, 0.05) is 0 Å². The van der Waals surface area contributed by atoms with E-state index in [9.17, 15) is 10.2 Å². The maximum absolute atomic E-state index is 10.4. The molecule has 0 aromatic rings. The smallest absolute Gasteiger partial charge is 0.0782 e. The molecule has 0 aromatic carbocycles. The first-order valence-corrected chi connectivity index (χ1v) is 11.9. The molecule has 2 saturated carbocycles. The molecular formula is C27H44O3. The Bertz CT molecular complexity index is 712. The highest BCUT2D eigenvalue weighted by Gasteiger charge is 2.61. The Labute approximate surface area is 184 Å². The van der Waals surface area contributed by atoms with Crippen LogP contribution < -0.4 is 0 Å². The highest BCUT2D eigenvalue weighted by molar-refractivity contribution is 5.21. The van der Waals surface area contributed by atoms with Gasteiger partial charge in [0.05, 0.1) is 24.4 Å². The molecule has 0 bridgehead atoms. The first-order valence-electron chi connectivity index (χ1n) is 11.9. The molecule has 1 aliphatic heterocycles. The van der Waals surface area contributed by atoms with E-state index in [0.717, 1.165) is 31.4 Å². The molecule has 3 aliphatic rings. The van der Waals surface area contributed by atoms with Crippen LogP contribution >= 0.6 is 0 Å². The molecule has 3 fully saturated rings. The van der Waals surface area contributed by atoms with Gasteiger partial charge in [-0.1, -0.05) is 50.1 Å². The second-order valence-corrected chi connectivity index (χ2v) is 11.6. The van der Waals surface area contributed by atoms with Crippen LogP contribution in [0.3, 0.4) is 0 Å². The van der Waals surface area contributed by atoms with E-state index in [0.29, 0.717) is 35.2 Å². The lowest BCUT2D eigenvalue weighted by Gasteiger charge is -2.57. The zero-order valence-electron chi connectivity index (χ0n) is 20.1. The Morgan fingerprint density at radius 2 is 2.00 bits per heavy atom. The summed E-state index contributed by atoms with van der Waals surface area (Å²) in [6, 6.07) is 0. The van der Waals surface area contributed by atoms with Crippen LogP contribution in [0.4, 0.5) is 0 Å². The summed E-state index contributed by atoms with van der Waals surface area (Å²) in [7, 11) is 0. The number of allylic oxidation sites excluding steroid dienone is 1. The molecule has 2 N–H and O–H groups in total. The van der Waals surface area contributed by atoms with E-state index in [2.05, 4.69) is 33.4 Å². The van der Waals surface area contributed by atoms with Crippen molar-refractivity contribution in [3.63, 3.8) is 0 Å². The van der Waals surface area contributed by atoms with Crippen molar-refractivity contribution in [2.75, 3.05) is 6.61 Å². The van der Waals surface area contributed by atoms with E-state index in [1.165, 1.54) is 30.4 Å². The zero-order valence-corrected chi connectivity index (χ0v) is 20.1. The highest BCUT2D eigenvalue weighted by Crippen LogP contribution is 2.65. The van der Waals surface area contributed by atoms with Crippen LogP contribution in [-0.2, 0) is 4.74 Å². The van der Waals surface area contributed by atoms with Gasteiger partial charge in [-0.3, -0.25) is 0 Å². The molecule has 30 heavy (non-hydrogen) atoms. The second kappa shape index (κ2) is 8.56. The molecule has 3 rings (SSSR count). The van der Waals surface area contributed by atoms with E-state index >= 15 is 0 Å². The summed E-state index contributed by atoms with van der Waals surface area (Å²) in [5.41, 5.74) is 3.31. The molecular weight excluding hydrogens is 372 g/mol. The Balaban J connectivity index is 1.64. The molecule has 3 heteroatoms. The average Bonchev–Trinajstić information content (AvgIpc) is 2.95. The summed E-state index contributed by atoms with van der Waals surface area (Å²) in [4.78, 5) is 0. The molecule has 1 heterocycles. The van der Waals surface area contributed by atoms with Gasteiger partial charge in [-0.2, -0.15) is 0 Å². The van der Waals surface area contributed by atoms with Crippen LogP contribution in [0.25, 0.3) is 0 Å². The predicted octanol–water partition coefficient (Wildman–Crippen LogP) is 5.97. The van der Waals surface area contributed by atoms with Crippen molar-refractivity contribution in [1.29, 1.82) is 0 Å². The van der Waals surface area contributed by atoms with Gasteiger partial charge in [0.2, 0.25) is 0 Å². The molecule has 170 valence electrons. The second-order valence-electron chi connectivity index (χ2n) is 11.6. The van der Waals surface area contributed by atoms with Crippen LogP contribution in [0.1, 0.15) is 86.5 Å². The van der Waals surface area contributed by atoms with Crippen molar-refractivity contribution in [1.82, 2.24) is 0 Å². The fraction of sp³-hybridized carbons (Fsp3) is 0.778. The van der Waals surface area contributed by atoms with Crippen LogP contribution in [0.5, 0.6) is 0 Å². The molecule has 1 saturated heterocycles. The van der Waals surface area contributed by atoms with Crippen LogP contribution in [0.2, 0.25) is 0 Å². The zero-order chi connectivity index (χ0) is 22.3. The van der Waals surface area contributed by atoms with Crippen LogP contribution in [0, 0.1) is 22.7 Å². The van der Waals surface area contributed by atoms with Gasteiger partial charge in [-0.25, -0.2) is 0 Å². The number of aliphatic hydroxyl groups excluding tert-OH is 1. The molecule has 0 amide bonds. The van der Waals surface area contributed by atoms with Crippen molar-refractivity contribution in [2.24, 2.45) is 22.7 Å². The lowest BCUT2D eigenvalue weighted by Crippen LogP contribution is -2.53. The van der Waals surface area contributed by atoms with Crippen molar-refractivity contribution in [3.05, 3.63) is 35.5 Å². The Kier molecular flexibility index (Phi) is 6.78. The minimum Gasteiger partial charge on any atom is -0.388 e. The molecule has 3 nitrogen and oxygen atoms in total. The Morgan fingerprint density at radius 3 is 2.67 bits per heavy atom. The highest BCUT2D eigenvalue weighted by atomic mass is 16.5. The number of ether oxygens (including phenoxy) is 1. The molecule has 0 unspecified atom stereocenters. The van der Waals surface area contributed by atoms with Crippen molar-refractivity contribution in [2.45, 2.75) is 104 Å². The van der Waals surface area contributed by atoms with E-state index in [1.807, 2.05) is 6.92 Å². The minimum absolute atomic E-state index is 0.301. The van der Waals surface area contributed by atoms with Gasteiger partial charge >= 0.3 is 0 Å². The van der Waals surface area contributed by atoms with E-state index in [1.54, 1.807) is 19.9 Å². The quantitative estimate of drug-likeness (QED) is 0.503. The third kappa shape index (κ3) is 4.79. The van der Waals surface area contributed by atoms with Gasteiger partial charge in [0.25, 0.3) is 0 Å². The lowest BCUT2D eigenvalue weighted by molar-refractivity contribution is -0.0564. The third-order valence-electron chi connectivity index (χ3n) is 8.30. The minimum atomic E-state index is -0.892. The van der Waals surface area contributed by atoms with E-state index in [-0.39, 0.29) is 0 Å². The Hall–Kier alpha value is -0.900. The maximum atomic E-state index is 10.4.